The van der Waals surface area contributed by atoms with Crippen molar-refractivity contribution in [2.75, 3.05) is 31.1 Å². The summed E-state index contributed by atoms with van der Waals surface area (Å²) in [6.45, 7) is 10.7. The Balaban J connectivity index is 2.03. The molecule has 18 heavy (non-hydrogen) atoms. The number of anilines is 1. The molecule has 0 N–H and O–H groups in total. The van der Waals surface area contributed by atoms with Crippen molar-refractivity contribution in [2.45, 2.75) is 32.7 Å². The summed E-state index contributed by atoms with van der Waals surface area (Å²) in [6.07, 6.45) is 3.79. The second-order valence-electron chi connectivity index (χ2n) is 5.70. The monoisotopic (exact) mass is 252 g/mol. The van der Waals surface area contributed by atoms with Gasteiger partial charge in [-0.15, -0.1) is 0 Å². The van der Waals surface area contributed by atoms with Crippen LogP contribution in [0.2, 0.25) is 0 Å². The van der Waals surface area contributed by atoms with Crippen molar-refractivity contribution in [3.8, 4) is 0 Å². The van der Waals surface area contributed by atoms with E-state index in [-0.39, 0.29) is 5.54 Å². The molecular weight excluding hydrogens is 231 g/mol. The second kappa shape index (κ2) is 5.18. The molecule has 0 radical (unpaired) electrons. The van der Waals surface area contributed by atoms with Crippen LogP contribution in [0.5, 0.6) is 0 Å². The Labute approximate surface area is 108 Å². The smallest absolute Gasteiger partial charge is 0.231 e. The Morgan fingerprint density at radius 2 is 1.83 bits per heavy atom. The zero-order valence-electron chi connectivity index (χ0n) is 11.4. The molecule has 0 aliphatic carbocycles. The number of hydrogen-bond acceptors (Lipinski definition) is 4. The first kappa shape index (κ1) is 13.2. The van der Waals surface area contributed by atoms with Gasteiger partial charge in [0.05, 0.1) is 12.4 Å². The molecule has 1 fully saturated rings. The molecule has 0 aromatic carbocycles. The lowest BCUT2D eigenvalue weighted by atomic mass is 10.1. The maximum atomic E-state index is 12.8. The van der Waals surface area contributed by atoms with Gasteiger partial charge in [0.15, 0.2) is 0 Å². The highest BCUT2D eigenvalue weighted by Gasteiger charge is 2.24. The lowest BCUT2D eigenvalue weighted by molar-refractivity contribution is 0.148. The summed E-state index contributed by atoms with van der Waals surface area (Å²) >= 11 is 0. The van der Waals surface area contributed by atoms with Crippen LogP contribution >= 0.6 is 0 Å². The average Bonchev–Trinajstić information content (AvgIpc) is 2.55. The molecule has 1 aromatic heterocycles. The van der Waals surface area contributed by atoms with Crippen molar-refractivity contribution < 1.29 is 4.39 Å². The summed E-state index contributed by atoms with van der Waals surface area (Å²) in [5.74, 6) is 0.247. The lowest BCUT2D eigenvalue weighted by Crippen LogP contribution is -2.43. The molecule has 0 atom stereocenters. The van der Waals surface area contributed by atoms with E-state index in [4.69, 9.17) is 0 Å². The first-order valence-electron chi connectivity index (χ1n) is 6.44. The molecule has 5 heteroatoms. The van der Waals surface area contributed by atoms with Crippen molar-refractivity contribution in [1.29, 1.82) is 0 Å². The van der Waals surface area contributed by atoms with Crippen molar-refractivity contribution in [3.63, 3.8) is 0 Å². The van der Waals surface area contributed by atoms with Gasteiger partial charge in [-0.05, 0) is 27.2 Å². The summed E-state index contributed by atoms with van der Waals surface area (Å²) in [6, 6.07) is 0. The van der Waals surface area contributed by atoms with Crippen LogP contribution in [-0.4, -0.2) is 46.6 Å². The molecule has 0 amide bonds. The van der Waals surface area contributed by atoms with E-state index in [2.05, 4.69) is 40.5 Å². The van der Waals surface area contributed by atoms with Gasteiger partial charge in [-0.25, -0.2) is 9.97 Å². The summed E-state index contributed by atoms with van der Waals surface area (Å²) in [7, 11) is 0. The maximum absolute atomic E-state index is 12.8. The van der Waals surface area contributed by atoms with E-state index < -0.39 is 5.95 Å². The van der Waals surface area contributed by atoms with Gasteiger partial charge < -0.3 is 4.90 Å². The quantitative estimate of drug-likeness (QED) is 0.764. The largest absolute Gasteiger partial charge is 0.354 e. The van der Waals surface area contributed by atoms with Gasteiger partial charge in [0.1, 0.15) is 5.82 Å². The third-order valence-electron chi connectivity index (χ3n) is 3.38. The van der Waals surface area contributed by atoms with E-state index >= 15 is 0 Å². The number of hydrogen-bond donors (Lipinski definition) is 0. The minimum Gasteiger partial charge on any atom is -0.354 e. The van der Waals surface area contributed by atoms with E-state index in [0.717, 1.165) is 38.4 Å². The topological polar surface area (TPSA) is 32.3 Å². The molecule has 0 spiro atoms. The van der Waals surface area contributed by atoms with Gasteiger partial charge in [0, 0.05) is 31.7 Å². The third-order valence-corrected chi connectivity index (χ3v) is 3.38. The Bertz CT molecular complexity index is 385. The Morgan fingerprint density at radius 1 is 1.06 bits per heavy atom. The van der Waals surface area contributed by atoms with Crippen molar-refractivity contribution in [1.82, 2.24) is 14.9 Å². The maximum Gasteiger partial charge on any atom is 0.231 e. The predicted octanol–water partition coefficient (Wildman–Crippen LogP) is 1.93. The SMILES string of the molecule is CC(C)(C)N1CCCN(c2cnc(F)cn2)CC1. The van der Waals surface area contributed by atoms with E-state index in [0.29, 0.717) is 0 Å². The number of halogens is 1. The van der Waals surface area contributed by atoms with Crippen LogP contribution in [0.1, 0.15) is 27.2 Å². The predicted molar refractivity (Wildman–Crippen MR) is 70.1 cm³/mol. The van der Waals surface area contributed by atoms with Crippen molar-refractivity contribution in [2.24, 2.45) is 0 Å². The number of rotatable bonds is 1. The van der Waals surface area contributed by atoms with Crippen molar-refractivity contribution in [3.05, 3.63) is 18.3 Å². The zero-order valence-corrected chi connectivity index (χ0v) is 11.4. The molecule has 1 saturated heterocycles. The van der Waals surface area contributed by atoms with E-state index in [1.54, 1.807) is 0 Å². The van der Waals surface area contributed by atoms with Crippen LogP contribution in [0.15, 0.2) is 12.4 Å². The molecule has 4 nitrogen and oxygen atoms in total. The first-order chi connectivity index (χ1) is 8.47. The highest BCUT2D eigenvalue weighted by atomic mass is 19.1. The summed E-state index contributed by atoms with van der Waals surface area (Å²) < 4.78 is 12.8. The van der Waals surface area contributed by atoms with Crippen LogP contribution in [0.4, 0.5) is 10.2 Å². The summed E-state index contributed by atoms with van der Waals surface area (Å²) in [5.41, 5.74) is 0.199. The average molecular weight is 252 g/mol. The minimum absolute atomic E-state index is 0.199. The third kappa shape index (κ3) is 3.16. The molecule has 0 saturated carbocycles. The molecule has 2 rings (SSSR count). The van der Waals surface area contributed by atoms with Gasteiger partial charge in [-0.1, -0.05) is 0 Å². The van der Waals surface area contributed by atoms with Gasteiger partial charge in [0.25, 0.3) is 0 Å². The Kier molecular flexibility index (Phi) is 3.80. The highest BCUT2D eigenvalue weighted by molar-refractivity contribution is 5.35. The molecule has 1 aliphatic heterocycles. The molecule has 1 aromatic rings. The molecule has 1 aliphatic rings. The number of aromatic nitrogens is 2. The standard InChI is InChI=1S/C13H21FN4/c1-13(2,3)18-6-4-5-17(7-8-18)12-10-15-11(14)9-16-12/h9-10H,4-8H2,1-3H3. The Hall–Kier alpha value is -1.23. The van der Waals surface area contributed by atoms with Crippen LogP contribution in [0, 0.1) is 5.95 Å². The second-order valence-corrected chi connectivity index (χ2v) is 5.70. The fourth-order valence-corrected chi connectivity index (χ4v) is 2.29. The Morgan fingerprint density at radius 3 is 2.44 bits per heavy atom. The van der Waals surface area contributed by atoms with E-state index in [9.17, 15) is 4.39 Å². The van der Waals surface area contributed by atoms with E-state index in [1.165, 1.54) is 12.4 Å². The molecule has 100 valence electrons. The molecule has 2 heterocycles. The van der Waals surface area contributed by atoms with Gasteiger partial charge in [0.2, 0.25) is 5.95 Å². The summed E-state index contributed by atoms with van der Waals surface area (Å²) in [5, 5.41) is 0. The fourth-order valence-electron chi connectivity index (χ4n) is 2.29. The fraction of sp³-hybridized carbons (Fsp3) is 0.692. The molecular formula is C13H21FN4. The number of nitrogens with zero attached hydrogens (tertiary/aromatic N) is 4. The first-order valence-corrected chi connectivity index (χ1v) is 6.44. The lowest BCUT2D eigenvalue weighted by Gasteiger charge is -2.34. The van der Waals surface area contributed by atoms with Crippen molar-refractivity contribution >= 4 is 5.82 Å². The van der Waals surface area contributed by atoms with Gasteiger partial charge >= 0.3 is 0 Å². The van der Waals surface area contributed by atoms with Gasteiger partial charge in [-0.2, -0.15) is 4.39 Å². The van der Waals surface area contributed by atoms with Crippen LogP contribution in [0.3, 0.4) is 0 Å². The van der Waals surface area contributed by atoms with Gasteiger partial charge in [-0.3, -0.25) is 4.90 Å². The van der Waals surface area contributed by atoms with Crippen LogP contribution < -0.4 is 4.90 Å². The minimum atomic E-state index is -0.523. The normalized spacial score (nSPS) is 18.8. The summed E-state index contributed by atoms with van der Waals surface area (Å²) in [4.78, 5) is 12.4. The molecule has 0 unspecified atom stereocenters. The molecule has 0 bridgehead atoms. The highest BCUT2D eigenvalue weighted by Crippen LogP contribution is 2.18. The van der Waals surface area contributed by atoms with Crippen LogP contribution in [-0.2, 0) is 0 Å². The van der Waals surface area contributed by atoms with E-state index in [1.807, 2.05) is 0 Å². The zero-order chi connectivity index (χ0) is 13.2. The van der Waals surface area contributed by atoms with Crippen LogP contribution in [0.25, 0.3) is 0 Å².